The Bertz CT molecular complexity index is 340. The molecule has 3 saturated heterocycles. The first-order chi connectivity index (χ1) is 9.75. The lowest BCUT2D eigenvalue weighted by molar-refractivity contribution is -0.141. The van der Waals surface area contributed by atoms with E-state index < -0.39 is 0 Å². The SMILES string of the molecule is O=C(C1CSCN1)N1CCN(C(=O)C2CSCN2)CC1. The van der Waals surface area contributed by atoms with E-state index in [9.17, 15) is 9.59 Å². The predicted octanol–water partition coefficient (Wildman–Crippen LogP) is -1.02. The number of nitrogens with one attached hydrogen (secondary N) is 2. The van der Waals surface area contributed by atoms with Crippen molar-refractivity contribution in [1.29, 1.82) is 0 Å². The summed E-state index contributed by atoms with van der Waals surface area (Å²) in [5, 5.41) is 6.42. The van der Waals surface area contributed by atoms with Gasteiger partial charge in [-0.25, -0.2) is 0 Å². The summed E-state index contributed by atoms with van der Waals surface area (Å²) in [5.41, 5.74) is 0. The lowest BCUT2D eigenvalue weighted by atomic mass is 10.2. The minimum absolute atomic E-state index is 0.0323. The van der Waals surface area contributed by atoms with Crippen LogP contribution in [0.4, 0.5) is 0 Å². The summed E-state index contributed by atoms with van der Waals surface area (Å²) >= 11 is 3.53. The van der Waals surface area contributed by atoms with E-state index in [0.717, 1.165) is 23.3 Å². The first-order valence-electron chi connectivity index (χ1n) is 6.95. The maximum absolute atomic E-state index is 12.3. The third-order valence-corrected chi connectivity index (χ3v) is 5.81. The monoisotopic (exact) mass is 316 g/mol. The third-order valence-electron chi connectivity index (χ3n) is 3.93. The summed E-state index contributed by atoms with van der Waals surface area (Å²) in [6.45, 7) is 2.64. The quantitative estimate of drug-likeness (QED) is 0.680. The topological polar surface area (TPSA) is 64.7 Å². The van der Waals surface area contributed by atoms with Crippen molar-refractivity contribution < 1.29 is 9.59 Å². The van der Waals surface area contributed by atoms with Crippen LogP contribution in [0, 0.1) is 0 Å². The predicted molar refractivity (Wildman–Crippen MR) is 81.7 cm³/mol. The molecule has 8 heteroatoms. The molecule has 0 spiro atoms. The van der Waals surface area contributed by atoms with Crippen LogP contribution < -0.4 is 10.6 Å². The molecule has 3 aliphatic rings. The molecule has 0 aromatic rings. The molecule has 3 rings (SSSR count). The second-order valence-electron chi connectivity index (χ2n) is 5.19. The summed E-state index contributed by atoms with van der Waals surface area (Å²) in [7, 11) is 0. The molecule has 2 unspecified atom stereocenters. The third kappa shape index (κ3) is 3.08. The van der Waals surface area contributed by atoms with Gasteiger partial charge >= 0.3 is 0 Å². The minimum atomic E-state index is -0.0323. The van der Waals surface area contributed by atoms with Gasteiger partial charge in [-0.15, -0.1) is 23.5 Å². The summed E-state index contributed by atoms with van der Waals surface area (Å²) < 4.78 is 0. The van der Waals surface area contributed by atoms with Crippen LogP contribution in [0.3, 0.4) is 0 Å². The number of rotatable bonds is 2. The average molecular weight is 316 g/mol. The lowest BCUT2D eigenvalue weighted by Gasteiger charge is -2.36. The van der Waals surface area contributed by atoms with E-state index in [1.54, 1.807) is 23.5 Å². The van der Waals surface area contributed by atoms with Crippen LogP contribution in [0.15, 0.2) is 0 Å². The molecular formula is C12H20N4O2S2. The molecule has 112 valence electrons. The Morgan fingerprint density at radius 1 is 0.800 bits per heavy atom. The van der Waals surface area contributed by atoms with E-state index in [1.807, 2.05) is 9.80 Å². The molecule has 20 heavy (non-hydrogen) atoms. The number of nitrogens with zero attached hydrogens (tertiary/aromatic N) is 2. The van der Waals surface area contributed by atoms with Gasteiger partial charge in [0.05, 0.1) is 12.1 Å². The molecule has 3 aliphatic heterocycles. The number of hydrogen-bond acceptors (Lipinski definition) is 6. The second kappa shape index (κ2) is 6.55. The molecular weight excluding hydrogens is 296 g/mol. The standard InChI is InChI=1S/C12H20N4O2S2/c17-11(9-5-19-7-13-9)15-1-2-16(4-3-15)12(18)10-6-20-8-14-10/h9-10,13-14H,1-8H2. The Labute approximate surface area is 127 Å². The summed E-state index contributed by atoms with van der Waals surface area (Å²) in [6, 6.07) is -0.0645. The van der Waals surface area contributed by atoms with Crippen LogP contribution in [0.5, 0.6) is 0 Å². The molecule has 0 aromatic carbocycles. The fourth-order valence-corrected chi connectivity index (χ4v) is 4.56. The van der Waals surface area contributed by atoms with Crippen molar-refractivity contribution in [3.8, 4) is 0 Å². The van der Waals surface area contributed by atoms with E-state index in [0.29, 0.717) is 26.2 Å². The van der Waals surface area contributed by atoms with Gasteiger partial charge in [0.2, 0.25) is 11.8 Å². The van der Waals surface area contributed by atoms with Crippen LogP contribution in [-0.4, -0.2) is 83.1 Å². The molecule has 0 aliphatic carbocycles. The molecule has 0 aromatic heterocycles. The summed E-state index contributed by atoms with van der Waals surface area (Å²) in [6.07, 6.45) is 0. The number of amides is 2. The molecule has 3 heterocycles. The van der Waals surface area contributed by atoms with Gasteiger partial charge in [0.25, 0.3) is 0 Å². The van der Waals surface area contributed by atoms with E-state index >= 15 is 0 Å². The molecule has 0 bridgehead atoms. The van der Waals surface area contributed by atoms with E-state index in [-0.39, 0.29) is 23.9 Å². The molecule has 2 atom stereocenters. The molecule has 2 amide bonds. The fraction of sp³-hybridized carbons (Fsp3) is 0.833. The van der Waals surface area contributed by atoms with Crippen LogP contribution in [0.2, 0.25) is 0 Å². The van der Waals surface area contributed by atoms with Gasteiger partial charge in [0, 0.05) is 49.4 Å². The fourth-order valence-electron chi connectivity index (χ4n) is 2.70. The number of piperazine rings is 1. The number of carbonyl (C=O) groups excluding carboxylic acids is 2. The number of hydrogen-bond donors (Lipinski definition) is 2. The van der Waals surface area contributed by atoms with Gasteiger partial charge in [0.1, 0.15) is 0 Å². The van der Waals surface area contributed by atoms with E-state index in [2.05, 4.69) is 10.6 Å². The average Bonchev–Trinajstić information content (AvgIpc) is 3.18. The summed E-state index contributed by atoms with van der Waals surface area (Å²) in [5.74, 6) is 3.83. The van der Waals surface area contributed by atoms with Crippen molar-refractivity contribution in [1.82, 2.24) is 20.4 Å². The van der Waals surface area contributed by atoms with Gasteiger partial charge < -0.3 is 9.80 Å². The van der Waals surface area contributed by atoms with Crippen molar-refractivity contribution in [3.63, 3.8) is 0 Å². The Balaban J connectivity index is 1.48. The Hall–Kier alpha value is -0.440. The van der Waals surface area contributed by atoms with Crippen molar-refractivity contribution in [2.75, 3.05) is 49.4 Å². The first kappa shape index (κ1) is 14.5. The van der Waals surface area contributed by atoms with Gasteiger partial charge in [0.15, 0.2) is 0 Å². The molecule has 0 saturated carbocycles. The zero-order valence-corrected chi connectivity index (χ0v) is 13.0. The maximum Gasteiger partial charge on any atom is 0.240 e. The minimum Gasteiger partial charge on any atom is -0.338 e. The van der Waals surface area contributed by atoms with Gasteiger partial charge in [-0.05, 0) is 0 Å². The highest BCUT2D eigenvalue weighted by atomic mass is 32.2. The Morgan fingerprint density at radius 2 is 1.20 bits per heavy atom. The molecule has 3 fully saturated rings. The first-order valence-corrected chi connectivity index (χ1v) is 9.26. The van der Waals surface area contributed by atoms with E-state index in [1.165, 1.54) is 0 Å². The maximum atomic E-state index is 12.3. The van der Waals surface area contributed by atoms with Crippen LogP contribution in [0.1, 0.15) is 0 Å². The Morgan fingerprint density at radius 3 is 1.50 bits per heavy atom. The number of thioether (sulfide) groups is 2. The largest absolute Gasteiger partial charge is 0.338 e. The van der Waals surface area contributed by atoms with Crippen LogP contribution in [0.25, 0.3) is 0 Å². The summed E-state index contributed by atoms with van der Waals surface area (Å²) in [4.78, 5) is 28.3. The highest BCUT2D eigenvalue weighted by Crippen LogP contribution is 2.15. The number of carbonyl (C=O) groups is 2. The zero-order chi connectivity index (χ0) is 13.9. The van der Waals surface area contributed by atoms with Gasteiger partial charge in [-0.2, -0.15) is 0 Å². The smallest absolute Gasteiger partial charge is 0.240 e. The molecule has 6 nitrogen and oxygen atoms in total. The normalized spacial score (nSPS) is 30.8. The highest BCUT2D eigenvalue weighted by Gasteiger charge is 2.33. The molecule has 0 radical (unpaired) electrons. The van der Waals surface area contributed by atoms with Crippen molar-refractivity contribution in [2.24, 2.45) is 0 Å². The van der Waals surface area contributed by atoms with Gasteiger partial charge in [-0.3, -0.25) is 20.2 Å². The van der Waals surface area contributed by atoms with Crippen LogP contribution in [-0.2, 0) is 9.59 Å². The zero-order valence-electron chi connectivity index (χ0n) is 11.3. The lowest BCUT2D eigenvalue weighted by Crippen LogP contribution is -2.57. The Kier molecular flexibility index (Phi) is 4.75. The van der Waals surface area contributed by atoms with Gasteiger partial charge in [-0.1, -0.05) is 0 Å². The van der Waals surface area contributed by atoms with Crippen molar-refractivity contribution >= 4 is 35.3 Å². The van der Waals surface area contributed by atoms with Crippen molar-refractivity contribution in [2.45, 2.75) is 12.1 Å². The second-order valence-corrected chi connectivity index (χ2v) is 7.25. The highest BCUT2D eigenvalue weighted by molar-refractivity contribution is 7.99. The van der Waals surface area contributed by atoms with E-state index in [4.69, 9.17) is 0 Å². The van der Waals surface area contributed by atoms with Crippen molar-refractivity contribution in [3.05, 3.63) is 0 Å². The van der Waals surface area contributed by atoms with Crippen LogP contribution >= 0.6 is 23.5 Å². The molecule has 2 N–H and O–H groups in total.